The average Bonchev–Trinajstić information content (AvgIpc) is 3.48. The number of carbonyl (C=O) groups is 2. The molecule has 0 aromatic rings. The summed E-state index contributed by atoms with van der Waals surface area (Å²) in [6.07, 6.45) is 19.8. The minimum atomic E-state index is 0.495. The first-order valence-electron chi connectivity index (χ1n) is 13.2. The molecule has 2 bridgehead atoms. The van der Waals surface area contributed by atoms with E-state index in [1.54, 1.807) is 0 Å². The topological polar surface area (TPSA) is 34.1 Å². The standard InChI is InChI=1S/C14H20O.C13H20O/c15-8-5-11-12(6-8)14-7-13(11)9-3-1-2-4-10(9)14;14-13-6-5-11-7-9-3-1-2-4-10(9)8-12(11)13/h9-14H,1-7H2;9-12H,1-8H2. The van der Waals surface area contributed by atoms with Gasteiger partial charge in [-0.1, -0.05) is 38.5 Å². The molecule has 7 aliphatic rings. The predicted molar refractivity (Wildman–Crippen MR) is 114 cm³/mol. The van der Waals surface area contributed by atoms with Gasteiger partial charge in [-0.15, -0.1) is 0 Å². The van der Waals surface area contributed by atoms with Gasteiger partial charge < -0.3 is 0 Å². The SMILES string of the molecule is O=C1CC2C(C1)C1CC2C2CCCCC21.O=C1CCC2CC3CCCCC3CC12. The van der Waals surface area contributed by atoms with Crippen molar-refractivity contribution >= 4 is 11.6 Å². The summed E-state index contributed by atoms with van der Waals surface area (Å²) in [6, 6.07) is 0. The number of ketones is 2. The lowest BCUT2D eigenvalue weighted by Gasteiger charge is -2.40. The van der Waals surface area contributed by atoms with Gasteiger partial charge in [0.05, 0.1) is 0 Å². The van der Waals surface area contributed by atoms with Crippen LogP contribution < -0.4 is 0 Å². The molecule has 10 atom stereocenters. The third-order valence-electron chi connectivity index (χ3n) is 11.1. The van der Waals surface area contributed by atoms with Gasteiger partial charge in [0, 0.05) is 25.2 Å². The highest BCUT2D eigenvalue weighted by Gasteiger charge is 2.60. The van der Waals surface area contributed by atoms with Crippen LogP contribution in [0.3, 0.4) is 0 Å². The fourth-order valence-electron chi connectivity index (χ4n) is 9.95. The summed E-state index contributed by atoms with van der Waals surface area (Å²) in [6.45, 7) is 0. The number of hydrogen-bond donors (Lipinski definition) is 0. The van der Waals surface area contributed by atoms with Crippen LogP contribution in [-0.4, -0.2) is 11.6 Å². The van der Waals surface area contributed by atoms with Crippen LogP contribution in [-0.2, 0) is 9.59 Å². The van der Waals surface area contributed by atoms with E-state index >= 15 is 0 Å². The van der Waals surface area contributed by atoms with Crippen LogP contribution in [0.1, 0.15) is 96.3 Å². The number of fused-ring (bicyclic) bond motifs is 10. The van der Waals surface area contributed by atoms with Crippen molar-refractivity contribution in [1.29, 1.82) is 0 Å². The summed E-state index contributed by atoms with van der Waals surface area (Å²) in [4.78, 5) is 23.3. The van der Waals surface area contributed by atoms with Crippen molar-refractivity contribution in [2.75, 3.05) is 0 Å². The van der Waals surface area contributed by atoms with E-state index in [0.717, 1.165) is 72.5 Å². The average molecular weight is 397 g/mol. The Morgan fingerprint density at radius 3 is 1.76 bits per heavy atom. The molecule has 7 rings (SSSR count). The highest BCUT2D eigenvalue weighted by molar-refractivity contribution is 5.83. The van der Waals surface area contributed by atoms with Crippen molar-refractivity contribution in [3.8, 4) is 0 Å². The van der Waals surface area contributed by atoms with Gasteiger partial charge in [0.15, 0.2) is 0 Å². The molecular weight excluding hydrogens is 356 g/mol. The highest BCUT2D eigenvalue weighted by atomic mass is 16.1. The zero-order chi connectivity index (χ0) is 19.5. The molecule has 0 amide bonds. The molecule has 0 heterocycles. The van der Waals surface area contributed by atoms with Crippen molar-refractivity contribution in [1.82, 2.24) is 0 Å². The maximum Gasteiger partial charge on any atom is 0.136 e. The van der Waals surface area contributed by atoms with E-state index in [4.69, 9.17) is 0 Å². The Morgan fingerprint density at radius 2 is 1.10 bits per heavy atom. The summed E-state index contributed by atoms with van der Waals surface area (Å²) in [7, 11) is 0. The van der Waals surface area contributed by atoms with E-state index in [2.05, 4.69) is 0 Å². The van der Waals surface area contributed by atoms with E-state index < -0.39 is 0 Å². The molecule has 0 N–H and O–H groups in total. The third-order valence-corrected chi connectivity index (χ3v) is 11.1. The van der Waals surface area contributed by atoms with Gasteiger partial charge in [0.25, 0.3) is 0 Å². The first kappa shape index (κ1) is 19.1. The maximum atomic E-state index is 11.7. The molecule has 160 valence electrons. The molecule has 0 saturated heterocycles. The van der Waals surface area contributed by atoms with E-state index in [1.165, 1.54) is 77.0 Å². The summed E-state index contributed by atoms with van der Waals surface area (Å²) in [5.41, 5.74) is 0. The number of Topliss-reactive ketones (excluding diaryl/α,β-unsaturated/α-hetero) is 2. The maximum absolute atomic E-state index is 11.7. The third kappa shape index (κ3) is 3.18. The van der Waals surface area contributed by atoms with Crippen LogP contribution in [0.4, 0.5) is 0 Å². The van der Waals surface area contributed by atoms with Gasteiger partial charge >= 0.3 is 0 Å². The van der Waals surface area contributed by atoms with E-state index in [9.17, 15) is 9.59 Å². The van der Waals surface area contributed by atoms with Gasteiger partial charge in [-0.25, -0.2) is 0 Å². The molecule has 0 aliphatic heterocycles. The molecule has 7 fully saturated rings. The quantitative estimate of drug-likeness (QED) is 0.487. The lowest BCUT2D eigenvalue weighted by atomic mass is 9.64. The Labute approximate surface area is 177 Å². The molecule has 7 aliphatic carbocycles. The number of carbonyl (C=O) groups excluding carboxylic acids is 2. The molecule has 2 nitrogen and oxygen atoms in total. The first-order valence-corrected chi connectivity index (χ1v) is 13.2. The number of rotatable bonds is 0. The Balaban J connectivity index is 0.000000114. The molecular formula is C27H40O2. The van der Waals surface area contributed by atoms with Crippen LogP contribution in [0.15, 0.2) is 0 Å². The largest absolute Gasteiger partial charge is 0.300 e. The normalized spacial score (nSPS) is 52.3. The lowest BCUT2D eigenvalue weighted by Crippen LogP contribution is -2.34. The van der Waals surface area contributed by atoms with Crippen molar-refractivity contribution in [2.24, 2.45) is 59.2 Å². The monoisotopic (exact) mass is 396 g/mol. The van der Waals surface area contributed by atoms with Gasteiger partial charge in [-0.05, 0) is 91.8 Å². The Morgan fingerprint density at radius 1 is 0.517 bits per heavy atom. The molecule has 10 unspecified atom stereocenters. The minimum Gasteiger partial charge on any atom is -0.300 e. The second-order valence-corrected chi connectivity index (χ2v) is 12.1. The molecule has 0 radical (unpaired) electrons. The van der Waals surface area contributed by atoms with Crippen molar-refractivity contribution in [2.45, 2.75) is 96.3 Å². The fourth-order valence-corrected chi connectivity index (χ4v) is 9.95. The second kappa shape index (κ2) is 7.49. The zero-order valence-electron chi connectivity index (χ0n) is 18.2. The van der Waals surface area contributed by atoms with Crippen LogP contribution in [0, 0.1) is 59.2 Å². The van der Waals surface area contributed by atoms with Gasteiger partial charge in [-0.2, -0.15) is 0 Å². The lowest BCUT2D eigenvalue weighted by molar-refractivity contribution is -0.123. The summed E-state index contributed by atoms with van der Waals surface area (Å²) < 4.78 is 0. The summed E-state index contributed by atoms with van der Waals surface area (Å²) in [5, 5.41) is 0. The van der Waals surface area contributed by atoms with Gasteiger partial charge in [0.1, 0.15) is 11.6 Å². The van der Waals surface area contributed by atoms with Crippen LogP contribution in [0.2, 0.25) is 0 Å². The molecule has 2 heteroatoms. The molecule has 0 aromatic carbocycles. The zero-order valence-corrected chi connectivity index (χ0v) is 18.2. The van der Waals surface area contributed by atoms with Crippen molar-refractivity contribution in [3.63, 3.8) is 0 Å². The Kier molecular flexibility index (Phi) is 4.92. The van der Waals surface area contributed by atoms with Crippen LogP contribution >= 0.6 is 0 Å². The Bertz CT molecular complexity index is 639. The Hall–Kier alpha value is -0.660. The molecule has 0 spiro atoms. The predicted octanol–water partition coefficient (Wildman–Crippen LogP) is 6.22. The van der Waals surface area contributed by atoms with E-state index in [0.29, 0.717) is 17.5 Å². The summed E-state index contributed by atoms with van der Waals surface area (Å²) in [5.74, 6) is 10.1. The minimum absolute atomic E-state index is 0.495. The van der Waals surface area contributed by atoms with E-state index in [1.807, 2.05) is 0 Å². The van der Waals surface area contributed by atoms with Gasteiger partial charge in [0.2, 0.25) is 0 Å². The molecule has 29 heavy (non-hydrogen) atoms. The molecule has 0 aromatic heterocycles. The van der Waals surface area contributed by atoms with Crippen LogP contribution in [0.5, 0.6) is 0 Å². The van der Waals surface area contributed by atoms with Gasteiger partial charge in [-0.3, -0.25) is 9.59 Å². The fraction of sp³-hybridized carbons (Fsp3) is 0.926. The summed E-state index contributed by atoms with van der Waals surface area (Å²) >= 11 is 0. The van der Waals surface area contributed by atoms with Crippen molar-refractivity contribution < 1.29 is 9.59 Å². The second-order valence-electron chi connectivity index (χ2n) is 12.1. The number of hydrogen-bond acceptors (Lipinski definition) is 2. The van der Waals surface area contributed by atoms with Crippen LogP contribution in [0.25, 0.3) is 0 Å². The highest BCUT2D eigenvalue weighted by Crippen LogP contribution is 2.65. The smallest absolute Gasteiger partial charge is 0.136 e. The van der Waals surface area contributed by atoms with Crippen molar-refractivity contribution in [3.05, 3.63) is 0 Å². The van der Waals surface area contributed by atoms with E-state index in [-0.39, 0.29) is 0 Å². The first-order chi connectivity index (χ1) is 14.2. The molecule has 7 saturated carbocycles.